The Kier molecular flexibility index (Phi) is 9.19. The summed E-state index contributed by atoms with van der Waals surface area (Å²) in [6.45, 7) is 6.19. The molecule has 1 N–H and O–H groups in total. The van der Waals surface area contributed by atoms with Crippen LogP contribution in [0.4, 0.5) is 4.79 Å². The summed E-state index contributed by atoms with van der Waals surface area (Å²) in [5, 5.41) is 2.60. The van der Waals surface area contributed by atoms with Crippen molar-refractivity contribution >= 4 is 12.1 Å². The van der Waals surface area contributed by atoms with Gasteiger partial charge >= 0.3 is 12.1 Å². The van der Waals surface area contributed by atoms with Gasteiger partial charge in [0.2, 0.25) is 0 Å². The number of hydrogen-bond acceptors (Lipinski definition) is 4. The van der Waals surface area contributed by atoms with Crippen LogP contribution in [0.5, 0.6) is 0 Å². The second-order valence-electron chi connectivity index (χ2n) is 3.79. The number of carbonyl (C=O) groups is 2. The molecular formula is C12H23NO4. The van der Waals surface area contributed by atoms with Crippen LogP contribution < -0.4 is 5.32 Å². The minimum atomic E-state index is -0.856. The van der Waals surface area contributed by atoms with Crippen LogP contribution >= 0.6 is 0 Å². The van der Waals surface area contributed by atoms with Gasteiger partial charge in [-0.15, -0.1) is 0 Å². The molecule has 0 saturated carbocycles. The fourth-order valence-corrected chi connectivity index (χ4v) is 1.25. The first kappa shape index (κ1) is 15.7. The number of rotatable bonds is 8. The molecule has 0 aromatic heterocycles. The number of amides is 1. The predicted molar refractivity (Wildman–Crippen MR) is 64.7 cm³/mol. The third kappa shape index (κ3) is 8.54. The van der Waals surface area contributed by atoms with Crippen LogP contribution in [-0.2, 0) is 14.3 Å². The van der Waals surface area contributed by atoms with E-state index in [0.29, 0.717) is 6.54 Å². The Morgan fingerprint density at radius 2 is 1.88 bits per heavy atom. The summed E-state index contributed by atoms with van der Waals surface area (Å²) in [5.41, 5.74) is 0. The molecule has 0 saturated heterocycles. The highest BCUT2D eigenvalue weighted by atomic mass is 16.6. The highest BCUT2D eigenvalue weighted by molar-refractivity contribution is 5.78. The zero-order valence-corrected chi connectivity index (χ0v) is 11.0. The van der Waals surface area contributed by atoms with Crippen LogP contribution in [0, 0.1) is 0 Å². The molecule has 0 bridgehead atoms. The first-order valence-corrected chi connectivity index (χ1v) is 6.22. The largest absolute Gasteiger partial charge is 0.463 e. The normalized spacial score (nSPS) is 11.7. The molecule has 5 heteroatoms. The average Bonchev–Trinajstić information content (AvgIpc) is 2.29. The standard InChI is InChI=1S/C12H23NO4/c1-4-6-7-8-9-13-12(15)17-10(3)11(14)16-5-2/h10H,4-9H2,1-3H3,(H,13,15). The molecule has 0 aliphatic heterocycles. The second kappa shape index (κ2) is 9.93. The maximum atomic E-state index is 11.3. The molecule has 0 rings (SSSR count). The van der Waals surface area contributed by atoms with E-state index in [9.17, 15) is 9.59 Å². The number of hydrogen-bond donors (Lipinski definition) is 1. The second-order valence-corrected chi connectivity index (χ2v) is 3.79. The van der Waals surface area contributed by atoms with E-state index in [-0.39, 0.29) is 6.61 Å². The molecule has 5 nitrogen and oxygen atoms in total. The summed E-state index contributed by atoms with van der Waals surface area (Å²) < 4.78 is 9.56. The van der Waals surface area contributed by atoms with Crippen molar-refractivity contribution in [2.24, 2.45) is 0 Å². The molecular weight excluding hydrogens is 222 g/mol. The van der Waals surface area contributed by atoms with E-state index in [1.807, 2.05) is 0 Å². The van der Waals surface area contributed by atoms with Gasteiger partial charge in [-0.3, -0.25) is 0 Å². The zero-order chi connectivity index (χ0) is 13.1. The van der Waals surface area contributed by atoms with E-state index < -0.39 is 18.2 Å². The molecule has 1 atom stereocenters. The van der Waals surface area contributed by atoms with Crippen LogP contribution in [0.1, 0.15) is 46.5 Å². The van der Waals surface area contributed by atoms with Crippen molar-refractivity contribution in [3.63, 3.8) is 0 Å². The van der Waals surface area contributed by atoms with Gasteiger partial charge in [-0.25, -0.2) is 9.59 Å². The SMILES string of the molecule is CCCCCCNC(=O)OC(C)C(=O)OCC. The Balaban J connectivity index is 3.60. The summed E-state index contributed by atoms with van der Waals surface area (Å²) >= 11 is 0. The molecule has 0 aromatic rings. The van der Waals surface area contributed by atoms with Crippen molar-refractivity contribution in [3.05, 3.63) is 0 Å². The Morgan fingerprint density at radius 1 is 1.18 bits per heavy atom. The van der Waals surface area contributed by atoms with Gasteiger partial charge in [0, 0.05) is 6.54 Å². The summed E-state index contributed by atoms with van der Waals surface area (Å²) in [6, 6.07) is 0. The molecule has 0 aliphatic rings. The molecule has 0 heterocycles. The number of alkyl carbamates (subject to hydrolysis) is 1. The fraction of sp³-hybridized carbons (Fsp3) is 0.833. The zero-order valence-electron chi connectivity index (χ0n) is 11.0. The maximum absolute atomic E-state index is 11.3. The Morgan fingerprint density at radius 3 is 2.47 bits per heavy atom. The van der Waals surface area contributed by atoms with Gasteiger partial charge in [-0.1, -0.05) is 26.2 Å². The smallest absolute Gasteiger partial charge is 0.407 e. The van der Waals surface area contributed by atoms with Crippen molar-refractivity contribution < 1.29 is 19.1 Å². The topological polar surface area (TPSA) is 64.6 Å². The van der Waals surface area contributed by atoms with Crippen molar-refractivity contribution in [2.75, 3.05) is 13.2 Å². The number of ether oxygens (including phenoxy) is 2. The summed E-state index contributed by atoms with van der Waals surface area (Å²) in [7, 11) is 0. The Hall–Kier alpha value is -1.26. The van der Waals surface area contributed by atoms with Crippen LogP contribution in [0.15, 0.2) is 0 Å². The number of unbranched alkanes of at least 4 members (excludes halogenated alkanes) is 3. The Labute approximate surface area is 103 Å². The average molecular weight is 245 g/mol. The monoisotopic (exact) mass is 245 g/mol. The van der Waals surface area contributed by atoms with E-state index >= 15 is 0 Å². The van der Waals surface area contributed by atoms with Gasteiger partial charge < -0.3 is 14.8 Å². The Bertz CT molecular complexity index is 231. The van der Waals surface area contributed by atoms with Gasteiger partial charge in [0.25, 0.3) is 0 Å². The van der Waals surface area contributed by atoms with Crippen LogP contribution in [0.3, 0.4) is 0 Å². The van der Waals surface area contributed by atoms with Crippen LogP contribution in [0.2, 0.25) is 0 Å². The lowest BCUT2D eigenvalue weighted by Crippen LogP contribution is -2.33. The molecule has 0 radical (unpaired) electrons. The van der Waals surface area contributed by atoms with E-state index in [1.165, 1.54) is 6.92 Å². The van der Waals surface area contributed by atoms with Gasteiger partial charge in [-0.2, -0.15) is 0 Å². The van der Waals surface area contributed by atoms with Crippen molar-refractivity contribution in [1.29, 1.82) is 0 Å². The third-order valence-electron chi connectivity index (χ3n) is 2.20. The van der Waals surface area contributed by atoms with Gasteiger partial charge in [0.05, 0.1) is 6.61 Å². The lowest BCUT2D eigenvalue weighted by molar-refractivity contribution is -0.152. The highest BCUT2D eigenvalue weighted by Crippen LogP contribution is 1.98. The predicted octanol–water partition coefficient (Wildman–Crippen LogP) is 2.24. The van der Waals surface area contributed by atoms with Crippen LogP contribution in [0.25, 0.3) is 0 Å². The first-order valence-electron chi connectivity index (χ1n) is 6.22. The molecule has 0 aromatic carbocycles. The van der Waals surface area contributed by atoms with Gasteiger partial charge in [0.15, 0.2) is 6.10 Å². The number of esters is 1. The molecule has 100 valence electrons. The summed E-state index contributed by atoms with van der Waals surface area (Å²) in [6.07, 6.45) is 2.91. The van der Waals surface area contributed by atoms with Crippen molar-refractivity contribution in [3.8, 4) is 0 Å². The minimum Gasteiger partial charge on any atom is -0.463 e. The highest BCUT2D eigenvalue weighted by Gasteiger charge is 2.18. The lowest BCUT2D eigenvalue weighted by atomic mass is 10.2. The number of nitrogens with one attached hydrogen (secondary N) is 1. The van der Waals surface area contributed by atoms with Crippen LogP contribution in [-0.4, -0.2) is 31.3 Å². The van der Waals surface area contributed by atoms with Crippen molar-refractivity contribution in [1.82, 2.24) is 5.32 Å². The molecule has 1 unspecified atom stereocenters. The van der Waals surface area contributed by atoms with E-state index in [0.717, 1.165) is 25.7 Å². The molecule has 1 amide bonds. The first-order chi connectivity index (χ1) is 8.11. The van der Waals surface area contributed by atoms with E-state index in [2.05, 4.69) is 12.2 Å². The molecule has 0 fully saturated rings. The third-order valence-corrected chi connectivity index (χ3v) is 2.20. The quantitative estimate of drug-likeness (QED) is 0.526. The van der Waals surface area contributed by atoms with Gasteiger partial charge in [-0.05, 0) is 20.3 Å². The number of carbonyl (C=O) groups excluding carboxylic acids is 2. The summed E-state index contributed by atoms with van der Waals surface area (Å²) in [4.78, 5) is 22.4. The maximum Gasteiger partial charge on any atom is 0.407 e. The van der Waals surface area contributed by atoms with Gasteiger partial charge in [0.1, 0.15) is 0 Å². The van der Waals surface area contributed by atoms with Crippen molar-refractivity contribution in [2.45, 2.75) is 52.6 Å². The fourth-order valence-electron chi connectivity index (χ4n) is 1.25. The summed E-state index contributed by atoms with van der Waals surface area (Å²) in [5.74, 6) is -0.520. The molecule has 0 aliphatic carbocycles. The van der Waals surface area contributed by atoms with E-state index in [1.54, 1.807) is 6.92 Å². The lowest BCUT2D eigenvalue weighted by Gasteiger charge is -2.12. The minimum absolute atomic E-state index is 0.283. The molecule has 0 spiro atoms. The molecule has 17 heavy (non-hydrogen) atoms. The van der Waals surface area contributed by atoms with E-state index in [4.69, 9.17) is 9.47 Å².